The molecule has 4 heteroatoms. The summed E-state index contributed by atoms with van der Waals surface area (Å²) in [7, 11) is 1.85. The van der Waals surface area contributed by atoms with Crippen LogP contribution in [0.25, 0.3) is 11.0 Å². The average Bonchev–Trinajstić information content (AvgIpc) is 2.70. The molecule has 1 heterocycles. The number of nitrogens with two attached hydrogens (primary N) is 1. The Morgan fingerprint density at radius 2 is 2.18 bits per heavy atom. The third-order valence-corrected chi connectivity index (χ3v) is 2.92. The second-order valence-electron chi connectivity index (χ2n) is 4.24. The van der Waals surface area contributed by atoms with Crippen LogP contribution in [0, 0.1) is 0 Å². The molecule has 1 unspecified atom stereocenters. The number of hydrogen-bond donors (Lipinski definition) is 1. The zero-order valence-corrected chi connectivity index (χ0v) is 10.0. The summed E-state index contributed by atoms with van der Waals surface area (Å²) in [6, 6.07) is 9.86. The molecule has 1 aromatic heterocycles. The largest absolute Gasteiger partial charge is 0.459 e. The molecule has 1 atom stereocenters. The molecule has 0 radical (unpaired) electrons. The zero-order valence-electron chi connectivity index (χ0n) is 10.0. The number of benzene rings is 1. The molecule has 2 N–H and O–H groups in total. The van der Waals surface area contributed by atoms with Crippen molar-refractivity contribution in [3.63, 3.8) is 0 Å². The van der Waals surface area contributed by atoms with Crippen molar-refractivity contribution in [1.82, 2.24) is 4.90 Å². The zero-order chi connectivity index (χ0) is 12.4. The Morgan fingerprint density at radius 1 is 1.47 bits per heavy atom. The highest BCUT2D eigenvalue weighted by atomic mass is 16.3. The van der Waals surface area contributed by atoms with Gasteiger partial charge < -0.3 is 10.2 Å². The lowest BCUT2D eigenvalue weighted by molar-refractivity contribution is -0.119. The van der Waals surface area contributed by atoms with Crippen molar-refractivity contribution in [1.29, 1.82) is 0 Å². The van der Waals surface area contributed by atoms with E-state index in [1.807, 2.05) is 49.2 Å². The molecule has 1 amide bonds. The van der Waals surface area contributed by atoms with Gasteiger partial charge in [0.15, 0.2) is 0 Å². The molecule has 2 aromatic rings. The molecule has 0 saturated heterocycles. The fourth-order valence-corrected chi connectivity index (χ4v) is 1.81. The highest BCUT2D eigenvalue weighted by Gasteiger charge is 2.17. The van der Waals surface area contributed by atoms with E-state index in [9.17, 15) is 4.79 Å². The number of furan rings is 1. The van der Waals surface area contributed by atoms with Crippen LogP contribution in [0.15, 0.2) is 34.7 Å². The first kappa shape index (κ1) is 11.7. The summed E-state index contributed by atoms with van der Waals surface area (Å²) < 4.78 is 5.74. The third-order valence-electron chi connectivity index (χ3n) is 2.92. The lowest BCUT2D eigenvalue weighted by Gasteiger charge is -2.20. The topological polar surface area (TPSA) is 59.5 Å². The van der Waals surface area contributed by atoms with E-state index in [1.165, 1.54) is 0 Å². The van der Waals surface area contributed by atoms with Crippen LogP contribution >= 0.6 is 0 Å². The Morgan fingerprint density at radius 3 is 2.82 bits per heavy atom. The second kappa shape index (κ2) is 4.59. The van der Waals surface area contributed by atoms with Gasteiger partial charge in [-0.1, -0.05) is 18.2 Å². The Kier molecular flexibility index (Phi) is 3.15. The molecule has 2 rings (SSSR count). The number of amides is 1. The van der Waals surface area contributed by atoms with Crippen LogP contribution in [-0.4, -0.2) is 24.4 Å². The number of likely N-dealkylation sites (N-methyl/N-ethyl adjacent to an activating group) is 1. The minimum absolute atomic E-state index is 0.0231. The van der Waals surface area contributed by atoms with Crippen LogP contribution in [0.3, 0.4) is 0 Å². The maximum atomic E-state index is 10.9. The fourth-order valence-electron chi connectivity index (χ4n) is 1.81. The van der Waals surface area contributed by atoms with Gasteiger partial charge in [-0.15, -0.1) is 0 Å². The number of primary amides is 1. The lowest BCUT2D eigenvalue weighted by atomic mass is 10.2. The van der Waals surface area contributed by atoms with Crippen LogP contribution in [0.1, 0.15) is 18.7 Å². The van der Waals surface area contributed by atoms with E-state index in [-0.39, 0.29) is 18.5 Å². The molecule has 1 aromatic carbocycles. The fraction of sp³-hybridized carbons (Fsp3) is 0.308. The van der Waals surface area contributed by atoms with Crippen LogP contribution < -0.4 is 5.73 Å². The predicted octanol–water partition coefficient (Wildman–Crippen LogP) is 1.91. The molecule has 90 valence electrons. The van der Waals surface area contributed by atoms with Crippen LogP contribution in [0.2, 0.25) is 0 Å². The minimum atomic E-state index is -0.338. The monoisotopic (exact) mass is 232 g/mol. The van der Waals surface area contributed by atoms with Crippen LogP contribution in [0.5, 0.6) is 0 Å². The number of fused-ring (bicyclic) bond motifs is 1. The first-order valence-electron chi connectivity index (χ1n) is 5.55. The summed E-state index contributed by atoms with van der Waals surface area (Å²) in [5.74, 6) is 0.505. The summed E-state index contributed by atoms with van der Waals surface area (Å²) in [5, 5.41) is 1.07. The SMILES string of the molecule is CC(c1cc2ccccc2o1)N(C)CC(N)=O. The van der Waals surface area contributed by atoms with Crippen molar-refractivity contribution in [3.8, 4) is 0 Å². The molecule has 0 spiro atoms. The van der Waals surface area contributed by atoms with Crippen molar-refractivity contribution in [2.45, 2.75) is 13.0 Å². The normalized spacial score (nSPS) is 13.1. The molecule has 17 heavy (non-hydrogen) atoms. The smallest absolute Gasteiger partial charge is 0.231 e. The summed E-state index contributed by atoms with van der Waals surface area (Å²) in [4.78, 5) is 12.7. The van der Waals surface area contributed by atoms with Gasteiger partial charge in [0.2, 0.25) is 5.91 Å². The van der Waals surface area contributed by atoms with Crippen molar-refractivity contribution in [2.75, 3.05) is 13.6 Å². The molecular formula is C13H16N2O2. The Balaban J connectivity index is 2.24. The van der Waals surface area contributed by atoms with Gasteiger partial charge in [0, 0.05) is 5.39 Å². The molecule has 0 saturated carbocycles. The van der Waals surface area contributed by atoms with E-state index in [1.54, 1.807) is 0 Å². The van der Waals surface area contributed by atoms with Crippen LogP contribution in [-0.2, 0) is 4.79 Å². The average molecular weight is 232 g/mol. The number of carbonyl (C=O) groups excluding carboxylic acids is 1. The highest BCUT2D eigenvalue weighted by Crippen LogP contribution is 2.26. The third kappa shape index (κ3) is 2.47. The van der Waals surface area contributed by atoms with Crippen molar-refractivity contribution >= 4 is 16.9 Å². The first-order valence-corrected chi connectivity index (χ1v) is 5.55. The molecular weight excluding hydrogens is 216 g/mol. The number of carbonyl (C=O) groups is 1. The van der Waals surface area contributed by atoms with Gasteiger partial charge in [-0.05, 0) is 26.1 Å². The summed E-state index contributed by atoms with van der Waals surface area (Å²) in [6.45, 7) is 2.21. The van der Waals surface area contributed by atoms with E-state index >= 15 is 0 Å². The van der Waals surface area contributed by atoms with Gasteiger partial charge in [0.25, 0.3) is 0 Å². The lowest BCUT2D eigenvalue weighted by Crippen LogP contribution is -2.32. The number of rotatable bonds is 4. The van der Waals surface area contributed by atoms with Gasteiger partial charge in [-0.25, -0.2) is 0 Å². The van der Waals surface area contributed by atoms with Gasteiger partial charge in [-0.3, -0.25) is 9.69 Å². The van der Waals surface area contributed by atoms with Crippen LogP contribution in [0.4, 0.5) is 0 Å². The Labute approximate surface area is 100.0 Å². The molecule has 0 aliphatic heterocycles. The molecule has 0 bridgehead atoms. The standard InChI is InChI=1S/C13H16N2O2/c1-9(15(2)8-13(14)16)12-7-10-5-3-4-6-11(10)17-12/h3-7,9H,8H2,1-2H3,(H2,14,16). The Bertz CT molecular complexity index is 500. The van der Waals surface area contributed by atoms with Crippen molar-refractivity contribution in [3.05, 3.63) is 36.1 Å². The molecule has 4 nitrogen and oxygen atoms in total. The van der Waals surface area contributed by atoms with E-state index < -0.39 is 0 Å². The van der Waals surface area contributed by atoms with E-state index in [2.05, 4.69) is 0 Å². The summed E-state index contributed by atoms with van der Waals surface area (Å²) in [5.41, 5.74) is 6.04. The van der Waals surface area contributed by atoms with E-state index in [0.29, 0.717) is 0 Å². The molecule has 0 fully saturated rings. The van der Waals surface area contributed by atoms with Gasteiger partial charge in [0.05, 0.1) is 12.6 Å². The minimum Gasteiger partial charge on any atom is -0.459 e. The number of nitrogens with zero attached hydrogens (tertiary/aromatic N) is 1. The number of para-hydroxylation sites is 1. The number of hydrogen-bond acceptors (Lipinski definition) is 3. The molecule has 0 aliphatic carbocycles. The summed E-state index contributed by atoms with van der Waals surface area (Å²) >= 11 is 0. The van der Waals surface area contributed by atoms with E-state index in [4.69, 9.17) is 10.2 Å². The maximum absolute atomic E-state index is 10.9. The second-order valence-corrected chi connectivity index (χ2v) is 4.24. The van der Waals surface area contributed by atoms with Crippen molar-refractivity contribution in [2.24, 2.45) is 5.73 Å². The highest BCUT2D eigenvalue weighted by molar-refractivity contribution is 5.78. The molecule has 0 aliphatic rings. The quantitative estimate of drug-likeness (QED) is 0.876. The maximum Gasteiger partial charge on any atom is 0.231 e. The first-order chi connectivity index (χ1) is 8.08. The Hall–Kier alpha value is -1.81. The van der Waals surface area contributed by atoms with Crippen molar-refractivity contribution < 1.29 is 9.21 Å². The van der Waals surface area contributed by atoms with E-state index in [0.717, 1.165) is 16.7 Å². The van der Waals surface area contributed by atoms with Gasteiger partial charge in [0.1, 0.15) is 11.3 Å². The van der Waals surface area contributed by atoms with Gasteiger partial charge >= 0.3 is 0 Å². The predicted molar refractivity (Wildman–Crippen MR) is 66.5 cm³/mol. The summed E-state index contributed by atoms with van der Waals surface area (Å²) in [6.07, 6.45) is 0. The van der Waals surface area contributed by atoms with Gasteiger partial charge in [-0.2, -0.15) is 0 Å².